The Bertz CT molecular complexity index is 186. The Labute approximate surface area is 55.9 Å². The predicted molar refractivity (Wildman–Crippen MR) is 28.4 cm³/mol. The SMILES string of the molecule is NC(=O)C[C@@]1(C(=O)O)NO1. The van der Waals surface area contributed by atoms with Gasteiger partial charge in [0.2, 0.25) is 5.91 Å². The number of aliphatic carboxylic acids is 1. The van der Waals surface area contributed by atoms with Crippen LogP contribution in [0.5, 0.6) is 0 Å². The number of nitrogens with two attached hydrogens (primary N) is 1. The van der Waals surface area contributed by atoms with Crippen LogP contribution >= 0.6 is 0 Å². The molecule has 0 aromatic carbocycles. The van der Waals surface area contributed by atoms with Crippen LogP contribution in [0.15, 0.2) is 0 Å². The summed E-state index contributed by atoms with van der Waals surface area (Å²) in [5, 5.41) is 8.36. The number of nitrogens with one attached hydrogen (secondary N) is 1. The second-order valence-corrected chi connectivity index (χ2v) is 1.98. The molecule has 0 aromatic heterocycles. The molecule has 1 aliphatic heterocycles. The zero-order valence-corrected chi connectivity index (χ0v) is 4.96. The largest absolute Gasteiger partial charge is 0.478 e. The van der Waals surface area contributed by atoms with E-state index in [1.807, 2.05) is 0 Å². The van der Waals surface area contributed by atoms with Gasteiger partial charge in [0.25, 0.3) is 5.72 Å². The van der Waals surface area contributed by atoms with Crippen LogP contribution in [0.3, 0.4) is 0 Å². The first kappa shape index (κ1) is 6.97. The fraction of sp³-hybridized carbons (Fsp3) is 0.500. The normalized spacial score (nSPS) is 29.6. The third-order valence-corrected chi connectivity index (χ3v) is 1.12. The van der Waals surface area contributed by atoms with Gasteiger partial charge in [0.1, 0.15) is 0 Å². The highest BCUT2D eigenvalue weighted by molar-refractivity contribution is 5.87. The minimum atomic E-state index is -1.54. The molecule has 1 heterocycles. The number of hydrogen-bond donors (Lipinski definition) is 3. The van der Waals surface area contributed by atoms with Crippen LogP contribution in [0.1, 0.15) is 6.42 Å². The Balaban J connectivity index is 2.53. The summed E-state index contributed by atoms with van der Waals surface area (Å²) in [6.07, 6.45) is -0.345. The highest BCUT2D eigenvalue weighted by atomic mass is 16.8. The molecule has 0 saturated carbocycles. The van der Waals surface area contributed by atoms with Crippen molar-refractivity contribution in [2.75, 3.05) is 0 Å². The third-order valence-electron chi connectivity index (χ3n) is 1.12. The van der Waals surface area contributed by atoms with Gasteiger partial charge in [0.15, 0.2) is 0 Å². The maximum Gasteiger partial charge on any atom is 0.356 e. The molecule has 1 rings (SSSR count). The Morgan fingerprint density at radius 2 is 2.20 bits per heavy atom. The molecule has 1 saturated heterocycles. The molecule has 1 aliphatic rings. The highest BCUT2D eigenvalue weighted by Gasteiger charge is 2.54. The maximum absolute atomic E-state index is 10.2. The van der Waals surface area contributed by atoms with Gasteiger partial charge in [-0.3, -0.25) is 9.63 Å². The number of hydrogen-bond acceptors (Lipinski definition) is 4. The van der Waals surface area contributed by atoms with E-state index in [9.17, 15) is 9.59 Å². The molecule has 10 heavy (non-hydrogen) atoms. The predicted octanol–water partition coefficient (Wildman–Crippen LogP) is -1.82. The summed E-state index contributed by atoms with van der Waals surface area (Å²) in [5.41, 5.74) is 5.28. The summed E-state index contributed by atoms with van der Waals surface area (Å²) < 4.78 is 0. The van der Waals surface area contributed by atoms with Gasteiger partial charge in [-0.25, -0.2) is 4.79 Å². The number of rotatable bonds is 3. The van der Waals surface area contributed by atoms with E-state index in [4.69, 9.17) is 10.8 Å². The lowest BCUT2D eigenvalue weighted by atomic mass is 10.2. The van der Waals surface area contributed by atoms with Crippen molar-refractivity contribution in [2.24, 2.45) is 5.73 Å². The number of primary amides is 1. The third kappa shape index (κ3) is 1.07. The van der Waals surface area contributed by atoms with E-state index in [2.05, 4.69) is 10.3 Å². The quantitative estimate of drug-likeness (QED) is 0.405. The fourth-order valence-corrected chi connectivity index (χ4v) is 0.542. The fourth-order valence-electron chi connectivity index (χ4n) is 0.542. The van der Waals surface area contributed by atoms with Gasteiger partial charge in [-0.15, -0.1) is 0 Å². The number of amides is 1. The molecule has 0 radical (unpaired) electrons. The van der Waals surface area contributed by atoms with Gasteiger partial charge in [0.05, 0.1) is 6.42 Å². The molecule has 0 bridgehead atoms. The zero-order chi connectivity index (χ0) is 7.78. The molecule has 6 nitrogen and oxygen atoms in total. The minimum Gasteiger partial charge on any atom is -0.478 e. The molecule has 1 amide bonds. The first-order chi connectivity index (χ1) is 4.57. The monoisotopic (exact) mass is 146 g/mol. The van der Waals surface area contributed by atoms with Crippen molar-refractivity contribution in [3.63, 3.8) is 0 Å². The Hall–Kier alpha value is -1.14. The van der Waals surface area contributed by atoms with Crippen LogP contribution in [0.25, 0.3) is 0 Å². The average molecular weight is 146 g/mol. The molecule has 0 unspecified atom stereocenters. The Kier molecular flexibility index (Phi) is 1.34. The molecule has 6 heteroatoms. The molecule has 1 atom stereocenters. The van der Waals surface area contributed by atoms with Crippen molar-refractivity contribution < 1.29 is 19.5 Å². The van der Waals surface area contributed by atoms with Crippen molar-refractivity contribution in [1.29, 1.82) is 0 Å². The first-order valence-electron chi connectivity index (χ1n) is 2.54. The van der Waals surface area contributed by atoms with Crippen LogP contribution in [0.2, 0.25) is 0 Å². The van der Waals surface area contributed by atoms with Crippen LogP contribution in [-0.2, 0) is 14.4 Å². The smallest absolute Gasteiger partial charge is 0.356 e. The van der Waals surface area contributed by atoms with Crippen molar-refractivity contribution in [3.05, 3.63) is 0 Å². The van der Waals surface area contributed by atoms with Gasteiger partial charge in [-0.1, -0.05) is 0 Å². The van der Waals surface area contributed by atoms with Gasteiger partial charge < -0.3 is 10.8 Å². The van der Waals surface area contributed by atoms with Crippen molar-refractivity contribution in [1.82, 2.24) is 5.48 Å². The van der Waals surface area contributed by atoms with E-state index in [0.29, 0.717) is 0 Å². The molecular formula is C4H6N2O4. The second kappa shape index (κ2) is 1.93. The topological polar surface area (TPSA) is 115 Å². The average Bonchev–Trinajstić information content (AvgIpc) is 2.46. The highest BCUT2D eigenvalue weighted by Crippen LogP contribution is 2.23. The van der Waals surface area contributed by atoms with Crippen LogP contribution in [0, 0.1) is 0 Å². The number of carboxylic acids is 1. The first-order valence-corrected chi connectivity index (χ1v) is 2.54. The van der Waals surface area contributed by atoms with E-state index in [1.54, 1.807) is 0 Å². The van der Waals surface area contributed by atoms with E-state index < -0.39 is 17.6 Å². The molecular weight excluding hydrogens is 140 g/mol. The molecule has 0 aliphatic carbocycles. The maximum atomic E-state index is 10.2. The number of carbonyl (C=O) groups is 2. The van der Waals surface area contributed by atoms with Crippen LogP contribution < -0.4 is 11.2 Å². The van der Waals surface area contributed by atoms with Crippen molar-refractivity contribution in [3.8, 4) is 0 Å². The molecule has 1 fully saturated rings. The standard InChI is InChI=1S/C4H6N2O4/c5-2(7)1-4(3(8)9)6-10-4/h6H,1H2,(H2,5,7)(H,8,9)/t4-/m1/s1. The second-order valence-electron chi connectivity index (χ2n) is 1.98. The van der Waals surface area contributed by atoms with E-state index in [-0.39, 0.29) is 6.42 Å². The van der Waals surface area contributed by atoms with Gasteiger partial charge in [0, 0.05) is 0 Å². The summed E-state index contributed by atoms with van der Waals surface area (Å²) in [6, 6.07) is 0. The molecule has 4 N–H and O–H groups in total. The van der Waals surface area contributed by atoms with Gasteiger partial charge in [-0.05, 0) is 0 Å². The summed E-state index contributed by atoms with van der Waals surface area (Å²) in [6.45, 7) is 0. The summed E-state index contributed by atoms with van der Waals surface area (Å²) in [7, 11) is 0. The summed E-state index contributed by atoms with van der Waals surface area (Å²) >= 11 is 0. The van der Waals surface area contributed by atoms with Crippen LogP contribution in [0.4, 0.5) is 0 Å². The lowest BCUT2D eigenvalue weighted by Gasteiger charge is -1.97. The summed E-state index contributed by atoms with van der Waals surface area (Å²) in [5.74, 6) is -1.95. The lowest BCUT2D eigenvalue weighted by Crippen LogP contribution is -2.32. The zero-order valence-electron chi connectivity index (χ0n) is 4.96. The van der Waals surface area contributed by atoms with Crippen molar-refractivity contribution >= 4 is 11.9 Å². The number of hydroxylamine groups is 1. The van der Waals surface area contributed by atoms with E-state index in [1.165, 1.54) is 0 Å². The number of carbonyl (C=O) groups excluding carboxylic acids is 1. The molecule has 56 valence electrons. The van der Waals surface area contributed by atoms with E-state index in [0.717, 1.165) is 0 Å². The summed E-state index contributed by atoms with van der Waals surface area (Å²) in [4.78, 5) is 24.7. The van der Waals surface area contributed by atoms with E-state index >= 15 is 0 Å². The van der Waals surface area contributed by atoms with Gasteiger partial charge in [-0.2, -0.15) is 5.48 Å². The van der Waals surface area contributed by atoms with Crippen molar-refractivity contribution in [2.45, 2.75) is 12.1 Å². The lowest BCUT2D eigenvalue weighted by molar-refractivity contribution is -0.145. The Morgan fingerprint density at radius 1 is 1.70 bits per heavy atom. The molecule has 0 aromatic rings. The minimum absolute atomic E-state index is 0.345. The molecule has 0 spiro atoms. The number of carboxylic acid groups (broad SMARTS) is 1. The van der Waals surface area contributed by atoms with Crippen LogP contribution in [-0.4, -0.2) is 22.7 Å². The Morgan fingerprint density at radius 3 is 2.30 bits per heavy atom. The van der Waals surface area contributed by atoms with Gasteiger partial charge >= 0.3 is 5.97 Å².